The van der Waals surface area contributed by atoms with Crippen molar-refractivity contribution in [3.63, 3.8) is 0 Å². The zero-order valence-corrected chi connectivity index (χ0v) is 5.51. The van der Waals surface area contributed by atoms with Crippen LogP contribution in [0.1, 0.15) is 10.5 Å². The summed E-state index contributed by atoms with van der Waals surface area (Å²) in [5, 5.41) is 3.26. The van der Waals surface area contributed by atoms with E-state index in [1.165, 1.54) is 12.3 Å². The molecule has 5 heteroatoms. The molecule has 1 heterocycles. The van der Waals surface area contributed by atoms with Crippen LogP contribution in [0.5, 0.6) is 0 Å². The molecule has 0 amide bonds. The van der Waals surface area contributed by atoms with Gasteiger partial charge in [0.05, 0.1) is 5.69 Å². The fourth-order valence-electron chi connectivity index (χ4n) is 0.633. The third-order valence-corrected chi connectivity index (χ3v) is 1.08. The van der Waals surface area contributed by atoms with Crippen molar-refractivity contribution in [1.82, 2.24) is 4.98 Å². The predicted molar refractivity (Wildman–Crippen MR) is 38.4 cm³/mol. The molecule has 0 saturated carbocycles. The first kappa shape index (κ1) is 7.24. The third-order valence-electron chi connectivity index (χ3n) is 1.08. The van der Waals surface area contributed by atoms with Crippen LogP contribution >= 0.6 is 0 Å². The molecule has 0 N–H and O–H groups in total. The Balaban J connectivity index is 3.21. The van der Waals surface area contributed by atoms with Gasteiger partial charge in [-0.2, -0.15) is 0 Å². The Hall–Kier alpha value is -1.87. The highest BCUT2D eigenvalue weighted by Crippen LogP contribution is 2.13. The lowest BCUT2D eigenvalue weighted by molar-refractivity contribution is 0.112. The van der Waals surface area contributed by atoms with E-state index in [2.05, 4.69) is 15.0 Å². The maximum Gasteiger partial charge on any atom is 0.168 e. The van der Waals surface area contributed by atoms with Gasteiger partial charge in [0.1, 0.15) is 5.69 Å². The zero-order valence-electron chi connectivity index (χ0n) is 5.51. The summed E-state index contributed by atoms with van der Waals surface area (Å²) < 4.78 is 0. The maximum atomic E-state index is 10.3. The predicted octanol–water partition coefficient (Wildman–Crippen LogP) is 1.84. The summed E-state index contributed by atoms with van der Waals surface area (Å²) in [6, 6.07) is 3.12. The van der Waals surface area contributed by atoms with Gasteiger partial charge in [0.25, 0.3) is 0 Å². The molecule has 1 aromatic rings. The third kappa shape index (κ3) is 1.53. The van der Waals surface area contributed by atoms with Crippen LogP contribution in [0.15, 0.2) is 23.4 Å². The second kappa shape index (κ2) is 3.34. The van der Waals surface area contributed by atoms with Crippen molar-refractivity contribution in [3.8, 4) is 0 Å². The van der Waals surface area contributed by atoms with Crippen LogP contribution in [0.4, 0.5) is 5.69 Å². The first-order chi connectivity index (χ1) is 5.38. The molecule has 0 bridgehead atoms. The van der Waals surface area contributed by atoms with Gasteiger partial charge in [-0.25, -0.2) is 0 Å². The van der Waals surface area contributed by atoms with E-state index < -0.39 is 0 Å². The molecule has 1 rings (SSSR count). The smallest absolute Gasteiger partial charge is 0.168 e. The summed E-state index contributed by atoms with van der Waals surface area (Å²) in [5.41, 5.74) is 8.47. The molecule has 0 spiro atoms. The molecule has 0 radical (unpaired) electrons. The van der Waals surface area contributed by atoms with Gasteiger partial charge in [-0.1, -0.05) is 5.11 Å². The van der Waals surface area contributed by atoms with Crippen molar-refractivity contribution < 1.29 is 4.79 Å². The standard InChI is InChI=1S/C6H4N4O/c7-10-9-5-2-1-3-8-6(5)4-11/h1-4H. The second-order valence-corrected chi connectivity index (χ2v) is 1.72. The number of azide groups is 1. The highest BCUT2D eigenvalue weighted by atomic mass is 16.1. The van der Waals surface area contributed by atoms with Crippen LogP contribution in [0.3, 0.4) is 0 Å². The van der Waals surface area contributed by atoms with E-state index in [4.69, 9.17) is 5.53 Å². The fraction of sp³-hybridized carbons (Fsp3) is 0. The summed E-state index contributed by atoms with van der Waals surface area (Å²) >= 11 is 0. The van der Waals surface area contributed by atoms with Gasteiger partial charge in [-0.3, -0.25) is 9.78 Å². The fourth-order valence-corrected chi connectivity index (χ4v) is 0.633. The molecule has 0 atom stereocenters. The summed E-state index contributed by atoms with van der Waals surface area (Å²) in [7, 11) is 0. The van der Waals surface area contributed by atoms with E-state index >= 15 is 0 Å². The number of carbonyl (C=O) groups is 1. The van der Waals surface area contributed by atoms with Crippen LogP contribution in [0.25, 0.3) is 10.4 Å². The molecule has 0 saturated heterocycles. The Morgan fingerprint density at radius 1 is 1.73 bits per heavy atom. The first-order valence-electron chi connectivity index (χ1n) is 2.84. The minimum atomic E-state index is 0.158. The Bertz CT molecular complexity index is 316. The lowest BCUT2D eigenvalue weighted by Gasteiger charge is -1.91. The second-order valence-electron chi connectivity index (χ2n) is 1.72. The van der Waals surface area contributed by atoms with Gasteiger partial charge in [-0.05, 0) is 17.7 Å². The molecule has 0 aliphatic carbocycles. The topological polar surface area (TPSA) is 78.7 Å². The van der Waals surface area contributed by atoms with E-state index in [1.807, 2.05) is 0 Å². The number of nitrogens with zero attached hydrogens (tertiary/aromatic N) is 4. The van der Waals surface area contributed by atoms with Crippen molar-refractivity contribution in [3.05, 3.63) is 34.5 Å². The lowest BCUT2D eigenvalue weighted by atomic mass is 10.3. The molecule has 0 aromatic carbocycles. The minimum absolute atomic E-state index is 0.158. The molecular weight excluding hydrogens is 144 g/mol. The van der Waals surface area contributed by atoms with Crippen molar-refractivity contribution in [2.24, 2.45) is 5.11 Å². The summed E-state index contributed by atoms with van der Waals surface area (Å²) in [4.78, 5) is 16.5. The van der Waals surface area contributed by atoms with Crippen LogP contribution in [0.2, 0.25) is 0 Å². The average Bonchev–Trinajstić information content (AvgIpc) is 2.06. The largest absolute Gasteiger partial charge is 0.296 e. The SMILES string of the molecule is [N-]=[N+]=Nc1cccnc1C=O. The molecule has 11 heavy (non-hydrogen) atoms. The summed E-state index contributed by atoms with van der Waals surface area (Å²) in [6.45, 7) is 0. The highest BCUT2D eigenvalue weighted by Gasteiger charge is 1.96. The van der Waals surface area contributed by atoms with Gasteiger partial charge in [-0.15, -0.1) is 0 Å². The van der Waals surface area contributed by atoms with E-state index in [9.17, 15) is 4.79 Å². The van der Waals surface area contributed by atoms with E-state index in [0.29, 0.717) is 6.29 Å². The van der Waals surface area contributed by atoms with E-state index in [-0.39, 0.29) is 11.4 Å². The van der Waals surface area contributed by atoms with Gasteiger partial charge in [0, 0.05) is 11.1 Å². The van der Waals surface area contributed by atoms with Crippen LogP contribution in [-0.4, -0.2) is 11.3 Å². The normalized spacial score (nSPS) is 8.36. The Labute approximate surface area is 62.3 Å². The van der Waals surface area contributed by atoms with Crippen molar-refractivity contribution in [1.29, 1.82) is 0 Å². The zero-order chi connectivity index (χ0) is 8.10. The number of aldehydes is 1. The van der Waals surface area contributed by atoms with Gasteiger partial charge in [0.2, 0.25) is 0 Å². The molecular formula is C6H4N4O. The highest BCUT2D eigenvalue weighted by molar-refractivity contribution is 5.79. The lowest BCUT2D eigenvalue weighted by Crippen LogP contribution is -1.83. The first-order valence-corrected chi connectivity index (χ1v) is 2.84. The van der Waals surface area contributed by atoms with Crippen molar-refractivity contribution in [2.75, 3.05) is 0 Å². The summed E-state index contributed by atoms with van der Waals surface area (Å²) in [6.07, 6.45) is 2.00. The van der Waals surface area contributed by atoms with Gasteiger partial charge in [0.15, 0.2) is 6.29 Å². The van der Waals surface area contributed by atoms with Crippen LogP contribution in [-0.2, 0) is 0 Å². The van der Waals surface area contributed by atoms with E-state index in [1.54, 1.807) is 6.07 Å². The maximum absolute atomic E-state index is 10.3. The van der Waals surface area contributed by atoms with Gasteiger partial charge >= 0.3 is 0 Å². The van der Waals surface area contributed by atoms with Crippen LogP contribution in [0, 0.1) is 0 Å². The quantitative estimate of drug-likeness (QED) is 0.277. The molecule has 5 nitrogen and oxygen atoms in total. The number of hydrogen-bond acceptors (Lipinski definition) is 3. The van der Waals surface area contributed by atoms with Crippen molar-refractivity contribution in [2.45, 2.75) is 0 Å². The Morgan fingerprint density at radius 2 is 2.55 bits per heavy atom. The average molecular weight is 148 g/mol. The van der Waals surface area contributed by atoms with Crippen molar-refractivity contribution >= 4 is 12.0 Å². The van der Waals surface area contributed by atoms with E-state index in [0.717, 1.165) is 0 Å². The Kier molecular flexibility index (Phi) is 2.20. The van der Waals surface area contributed by atoms with Gasteiger partial charge < -0.3 is 0 Å². The minimum Gasteiger partial charge on any atom is -0.296 e. The summed E-state index contributed by atoms with van der Waals surface area (Å²) in [5.74, 6) is 0. The molecule has 54 valence electrons. The monoisotopic (exact) mass is 148 g/mol. The molecule has 0 unspecified atom stereocenters. The molecule has 0 aliphatic rings. The molecule has 0 aliphatic heterocycles. The number of rotatable bonds is 2. The number of aromatic nitrogens is 1. The number of pyridine rings is 1. The number of carbonyl (C=O) groups excluding carboxylic acids is 1. The van der Waals surface area contributed by atoms with Crippen LogP contribution < -0.4 is 0 Å². The molecule has 1 aromatic heterocycles. The Morgan fingerprint density at radius 3 is 3.18 bits per heavy atom. The molecule has 0 fully saturated rings. The number of hydrogen-bond donors (Lipinski definition) is 0.